The lowest BCUT2D eigenvalue weighted by molar-refractivity contribution is -0.384. The molecule has 3 aromatic carbocycles. The number of amides is 2. The molecular weight excluding hydrogens is 520 g/mol. The molecule has 3 aromatic rings. The van der Waals surface area contributed by atoms with E-state index >= 15 is 0 Å². The van der Waals surface area contributed by atoms with Gasteiger partial charge in [-0.1, -0.05) is 54.6 Å². The van der Waals surface area contributed by atoms with Crippen molar-refractivity contribution in [3.63, 3.8) is 0 Å². The molecule has 0 spiro atoms. The van der Waals surface area contributed by atoms with E-state index in [0.29, 0.717) is 6.42 Å². The van der Waals surface area contributed by atoms with Gasteiger partial charge in [0.25, 0.3) is 15.7 Å². The summed E-state index contributed by atoms with van der Waals surface area (Å²) in [4.78, 5) is 38.7. The molecule has 0 aliphatic carbocycles. The molecule has 0 heterocycles. The Balaban J connectivity index is 2.01. The van der Waals surface area contributed by atoms with Crippen LogP contribution in [0.25, 0.3) is 0 Å². The van der Waals surface area contributed by atoms with Crippen LogP contribution < -0.4 is 9.62 Å². The van der Waals surface area contributed by atoms with Crippen LogP contribution in [-0.2, 0) is 26.0 Å². The first-order valence-corrected chi connectivity index (χ1v) is 13.9. The average molecular weight is 553 g/mol. The summed E-state index contributed by atoms with van der Waals surface area (Å²) in [7, 11) is -4.29. The predicted octanol–water partition coefficient (Wildman–Crippen LogP) is 3.77. The number of carbonyl (C=O) groups is 2. The third-order valence-corrected chi connectivity index (χ3v) is 7.81. The van der Waals surface area contributed by atoms with E-state index in [1.807, 2.05) is 30.3 Å². The summed E-state index contributed by atoms with van der Waals surface area (Å²) in [6.45, 7) is 4.69. The number of nitrogens with zero attached hydrogens (tertiary/aromatic N) is 3. The Bertz CT molecular complexity index is 1400. The first-order chi connectivity index (χ1) is 18.5. The summed E-state index contributed by atoms with van der Waals surface area (Å²) in [6.07, 6.45) is 0.439. The molecule has 0 unspecified atom stereocenters. The second-order valence-electron chi connectivity index (χ2n) is 9.26. The van der Waals surface area contributed by atoms with E-state index < -0.39 is 33.4 Å². The van der Waals surface area contributed by atoms with E-state index in [-0.39, 0.29) is 34.8 Å². The lowest BCUT2D eigenvalue weighted by Crippen LogP contribution is -2.53. The maximum absolute atomic E-state index is 13.8. The number of non-ortho nitro benzene ring substituents is 1. The Hall–Kier alpha value is -4.25. The predicted molar refractivity (Wildman–Crippen MR) is 149 cm³/mol. The van der Waals surface area contributed by atoms with E-state index in [1.54, 1.807) is 39.0 Å². The van der Waals surface area contributed by atoms with Crippen molar-refractivity contribution in [3.05, 3.63) is 101 Å². The molecular formula is C28H32N4O6S. The van der Waals surface area contributed by atoms with Gasteiger partial charge in [0.2, 0.25) is 11.8 Å². The molecule has 10 nitrogen and oxygen atoms in total. The monoisotopic (exact) mass is 552 g/mol. The number of hydrogen-bond donors (Lipinski definition) is 1. The van der Waals surface area contributed by atoms with Gasteiger partial charge in [-0.3, -0.25) is 24.0 Å². The number of anilines is 1. The van der Waals surface area contributed by atoms with Crippen molar-refractivity contribution in [2.45, 2.75) is 44.2 Å². The number of benzene rings is 3. The van der Waals surface area contributed by atoms with Gasteiger partial charge in [-0.2, -0.15) is 0 Å². The van der Waals surface area contributed by atoms with E-state index in [9.17, 15) is 28.1 Å². The number of sulfonamides is 1. The molecule has 0 bridgehead atoms. The lowest BCUT2D eigenvalue weighted by Gasteiger charge is -2.32. The SMILES string of the molecule is CC(C)NC(=O)[C@H](C)N(CCc1ccccc1)C(=O)CN(c1cccc([N+](=O)[O-])c1)S(=O)(=O)c1ccccc1. The molecule has 0 aliphatic rings. The minimum atomic E-state index is -4.29. The van der Waals surface area contributed by atoms with Gasteiger partial charge in [-0.15, -0.1) is 0 Å². The molecule has 0 aliphatic heterocycles. The first-order valence-electron chi connectivity index (χ1n) is 12.5. The van der Waals surface area contributed by atoms with Gasteiger partial charge in [0, 0.05) is 24.7 Å². The van der Waals surface area contributed by atoms with Crippen LogP contribution in [0.15, 0.2) is 89.8 Å². The summed E-state index contributed by atoms with van der Waals surface area (Å²) >= 11 is 0. The summed E-state index contributed by atoms with van der Waals surface area (Å²) in [5.41, 5.74) is 0.585. The molecule has 3 rings (SSSR count). The van der Waals surface area contributed by atoms with Crippen LogP contribution >= 0.6 is 0 Å². The zero-order valence-corrected chi connectivity index (χ0v) is 22.9. The van der Waals surface area contributed by atoms with Gasteiger partial charge in [0.15, 0.2) is 0 Å². The molecule has 0 fully saturated rings. The number of hydrogen-bond acceptors (Lipinski definition) is 6. The Labute approximate surface area is 228 Å². The first kappa shape index (κ1) is 29.3. The molecule has 0 saturated heterocycles. The Morgan fingerprint density at radius 2 is 1.54 bits per heavy atom. The normalized spacial score (nSPS) is 12.0. The van der Waals surface area contributed by atoms with Crippen molar-refractivity contribution in [3.8, 4) is 0 Å². The van der Waals surface area contributed by atoms with E-state index in [1.165, 1.54) is 35.2 Å². The summed E-state index contributed by atoms with van der Waals surface area (Å²) in [5.74, 6) is -0.998. The van der Waals surface area contributed by atoms with Gasteiger partial charge in [-0.25, -0.2) is 8.42 Å². The van der Waals surface area contributed by atoms with Crippen LogP contribution in [0.2, 0.25) is 0 Å². The fourth-order valence-corrected chi connectivity index (χ4v) is 5.41. The molecule has 1 atom stereocenters. The van der Waals surface area contributed by atoms with Crippen molar-refractivity contribution >= 4 is 33.2 Å². The van der Waals surface area contributed by atoms with E-state index in [4.69, 9.17) is 0 Å². The highest BCUT2D eigenvalue weighted by Crippen LogP contribution is 2.27. The van der Waals surface area contributed by atoms with Gasteiger partial charge in [0.05, 0.1) is 15.5 Å². The number of nitro groups is 1. The molecule has 206 valence electrons. The Morgan fingerprint density at radius 1 is 0.923 bits per heavy atom. The van der Waals surface area contributed by atoms with Crippen LogP contribution in [0.1, 0.15) is 26.3 Å². The quantitative estimate of drug-likeness (QED) is 0.269. The Kier molecular flexibility index (Phi) is 9.78. The van der Waals surface area contributed by atoms with Crippen molar-refractivity contribution in [1.29, 1.82) is 0 Å². The number of nitro benzene ring substituents is 1. The minimum absolute atomic E-state index is 0.0382. The summed E-state index contributed by atoms with van der Waals surface area (Å²) < 4.78 is 28.3. The lowest BCUT2D eigenvalue weighted by atomic mass is 10.1. The molecule has 39 heavy (non-hydrogen) atoms. The third-order valence-electron chi connectivity index (χ3n) is 6.02. The molecule has 1 N–H and O–H groups in total. The van der Waals surface area contributed by atoms with Crippen molar-refractivity contribution < 1.29 is 22.9 Å². The van der Waals surface area contributed by atoms with Crippen LogP contribution in [0.3, 0.4) is 0 Å². The topological polar surface area (TPSA) is 130 Å². The Morgan fingerprint density at radius 3 is 2.13 bits per heavy atom. The standard InChI is InChI=1S/C28H32N4O6S/c1-21(2)29-28(34)22(3)30(18-17-23-11-6-4-7-12-23)27(33)20-31(24-13-10-14-25(19-24)32(35)36)39(37,38)26-15-8-5-9-16-26/h4-16,19,21-22H,17-18,20H2,1-3H3,(H,29,34)/t22-/m0/s1. The fraction of sp³-hybridized carbons (Fsp3) is 0.286. The summed E-state index contributed by atoms with van der Waals surface area (Å²) in [6, 6.07) is 21.0. The van der Waals surface area contributed by atoms with Gasteiger partial charge >= 0.3 is 0 Å². The third kappa shape index (κ3) is 7.64. The maximum Gasteiger partial charge on any atom is 0.271 e. The van der Waals surface area contributed by atoms with Crippen LogP contribution in [0, 0.1) is 10.1 Å². The van der Waals surface area contributed by atoms with E-state index in [2.05, 4.69) is 5.32 Å². The van der Waals surface area contributed by atoms with Crippen molar-refractivity contribution in [2.24, 2.45) is 0 Å². The zero-order chi connectivity index (χ0) is 28.6. The number of nitrogens with one attached hydrogen (secondary N) is 1. The smallest absolute Gasteiger partial charge is 0.271 e. The number of rotatable bonds is 12. The largest absolute Gasteiger partial charge is 0.352 e. The van der Waals surface area contributed by atoms with Crippen LogP contribution in [-0.4, -0.2) is 55.2 Å². The van der Waals surface area contributed by atoms with Crippen LogP contribution in [0.5, 0.6) is 0 Å². The number of carbonyl (C=O) groups excluding carboxylic acids is 2. The summed E-state index contributed by atoms with van der Waals surface area (Å²) in [5, 5.41) is 14.2. The second kappa shape index (κ2) is 13.0. The van der Waals surface area contributed by atoms with Crippen LogP contribution in [0.4, 0.5) is 11.4 Å². The highest BCUT2D eigenvalue weighted by Gasteiger charge is 2.33. The van der Waals surface area contributed by atoms with E-state index in [0.717, 1.165) is 15.9 Å². The van der Waals surface area contributed by atoms with Gasteiger partial charge in [0.1, 0.15) is 12.6 Å². The van der Waals surface area contributed by atoms with Gasteiger partial charge in [-0.05, 0) is 51.0 Å². The fourth-order valence-electron chi connectivity index (χ4n) is 3.99. The zero-order valence-electron chi connectivity index (χ0n) is 22.1. The molecule has 0 saturated carbocycles. The van der Waals surface area contributed by atoms with Crippen molar-refractivity contribution in [2.75, 3.05) is 17.4 Å². The maximum atomic E-state index is 13.8. The molecule has 0 aromatic heterocycles. The molecule has 11 heteroatoms. The molecule has 0 radical (unpaired) electrons. The van der Waals surface area contributed by atoms with Crippen molar-refractivity contribution in [1.82, 2.24) is 10.2 Å². The minimum Gasteiger partial charge on any atom is -0.352 e. The highest BCUT2D eigenvalue weighted by molar-refractivity contribution is 7.92. The van der Waals surface area contributed by atoms with Gasteiger partial charge < -0.3 is 10.2 Å². The second-order valence-corrected chi connectivity index (χ2v) is 11.1. The molecule has 2 amide bonds. The highest BCUT2D eigenvalue weighted by atomic mass is 32.2. The average Bonchev–Trinajstić information content (AvgIpc) is 2.92.